The number of hydrogen-bond acceptors (Lipinski definition) is 6. The van der Waals surface area contributed by atoms with E-state index < -0.39 is 0 Å². The highest BCUT2D eigenvalue weighted by Crippen LogP contribution is 2.20. The molecule has 0 bridgehead atoms. The van der Waals surface area contributed by atoms with E-state index in [0.29, 0.717) is 29.2 Å². The second-order valence-corrected chi connectivity index (χ2v) is 4.53. The second kappa shape index (κ2) is 5.21. The normalized spacial score (nSPS) is 11.0. The van der Waals surface area contributed by atoms with Gasteiger partial charge in [0, 0.05) is 0 Å². The molecule has 19 heavy (non-hydrogen) atoms. The van der Waals surface area contributed by atoms with Gasteiger partial charge in [0.05, 0.1) is 14.2 Å². The minimum absolute atomic E-state index is 0.152. The summed E-state index contributed by atoms with van der Waals surface area (Å²) in [5.74, 6) is 0.569. The molecule has 7 nitrogen and oxygen atoms in total. The van der Waals surface area contributed by atoms with E-state index in [1.807, 2.05) is 13.8 Å². The smallest absolute Gasteiger partial charge is 0.321 e. The van der Waals surface area contributed by atoms with Crippen molar-refractivity contribution in [2.24, 2.45) is 5.92 Å². The Morgan fingerprint density at radius 1 is 1.16 bits per heavy atom. The summed E-state index contributed by atoms with van der Waals surface area (Å²) in [7, 11) is 2.92. The minimum Gasteiger partial charge on any atom is -0.479 e. The van der Waals surface area contributed by atoms with Crippen molar-refractivity contribution < 1.29 is 9.47 Å². The van der Waals surface area contributed by atoms with Crippen molar-refractivity contribution in [2.45, 2.75) is 20.3 Å². The standard InChI is InChI=1S/C12H16N4O3/c1-6(2)5-7-10(17)14-8-9(13-7)15-12(19-4)16-11(8)18-3/h6H,5H2,1-4H3,(H,14,17). The molecule has 0 aromatic carbocycles. The zero-order valence-electron chi connectivity index (χ0n) is 11.4. The second-order valence-electron chi connectivity index (χ2n) is 4.53. The summed E-state index contributed by atoms with van der Waals surface area (Å²) in [5.41, 5.74) is 0.943. The molecule has 0 aliphatic rings. The van der Waals surface area contributed by atoms with Crippen LogP contribution in [0.5, 0.6) is 11.9 Å². The van der Waals surface area contributed by atoms with Gasteiger partial charge in [-0.05, 0) is 12.3 Å². The Bertz CT molecular complexity index is 651. The topological polar surface area (TPSA) is 90.0 Å². The van der Waals surface area contributed by atoms with Crippen LogP contribution in [-0.4, -0.2) is 34.2 Å². The summed E-state index contributed by atoms with van der Waals surface area (Å²) in [4.78, 5) is 27.0. The van der Waals surface area contributed by atoms with Crippen LogP contribution in [0.25, 0.3) is 11.2 Å². The fourth-order valence-electron chi connectivity index (χ4n) is 1.73. The number of aromatic nitrogens is 4. The van der Waals surface area contributed by atoms with E-state index >= 15 is 0 Å². The maximum absolute atomic E-state index is 11.9. The average Bonchev–Trinajstić information content (AvgIpc) is 2.38. The van der Waals surface area contributed by atoms with Gasteiger partial charge in [-0.15, -0.1) is 0 Å². The lowest BCUT2D eigenvalue weighted by Gasteiger charge is -2.08. The first-order chi connectivity index (χ1) is 9.05. The molecule has 0 spiro atoms. The van der Waals surface area contributed by atoms with Crippen molar-refractivity contribution in [3.05, 3.63) is 16.0 Å². The Balaban J connectivity index is 2.67. The molecule has 0 amide bonds. The molecule has 2 heterocycles. The summed E-state index contributed by atoms with van der Waals surface area (Å²) in [6.07, 6.45) is 0.583. The molecule has 0 aliphatic heterocycles. The van der Waals surface area contributed by atoms with Crippen molar-refractivity contribution in [1.82, 2.24) is 19.9 Å². The Morgan fingerprint density at radius 3 is 2.47 bits per heavy atom. The quantitative estimate of drug-likeness (QED) is 0.883. The van der Waals surface area contributed by atoms with Crippen molar-refractivity contribution in [1.29, 1.82) is 0 Å². The number of nitrogens with one attached hydrogen (secondary N) is 1. The highest BCUT2D eigenvalue weighted by molar-refractivity contribution is 5.75. The SMILES string of the molecule is COc1nc(OC)c2[nH]c(=O)c(CC(C)C)nc2n1. The third-order valence-electron chi connectivity index (χ3n) is 2.56. The number of methoxy groups -OCH3 is 2. The minimum atomic E-state index is -0.242. The van der Waals surface area contributed by atoms with Gasteiger partial charge in [-0.2, -0.15) is 9.97 Å². The maximum atomic E-state index is 11.9. The van der Waals surface area contributed by atoms with Crippen molar-refractivity contribution in [3.8, 4) is 11.9 Å². The first-order valence-electron chi connectivity index (χ1n) is 5.94. The molecular formula is C12H16N4O3. The Morgan fingerprint density at radius 2 is 1.89 bits per heavy atom. The van der Waals surface area contributed by atoms with Crippen molar-refractivity contribution in [2.75, 3.05) is 14.2 Å². The average molecular weight is 264 g/mol. The van der Waals surface area contributed by atoms with Crippen LogP contribution in [0.4, 0.5) is 0 Å². The van der Waals surface area contributed by atoms with E-state index in [-0.39, 0.29) is 17.4 Å². The summed E-state index contributed by atoms with van der Waals surface area (Å²) >= 11 is 0. The van der Waals surface area contributed by atoms with Crippen LogP contribution in [-0.2, 0) is 6.42 Å². The molecule has 2 aromatic rings. The third-order valence-corrected chi connectivity index (χ3v) is 2.56. The van der Waals surface area contributed by atoms with E-state index in [1.54, 1.807) is 0 Å². The predicted octanol–water partition coefficient (Wildman–Crippen LogP) is 0.929. The molecule has 0 fully saturated rings. The Hall–Kier alpha value is -2.18. The molecule has 0 atom stereocenters. The molecule has 0 saturated carbocycles. The number of aromatic amines is 1. The molecule has 0 unspecified atom stereocenters. The highest BCUT2D eigenvalue weighted by Gasteiger charge is 2.14. The monoisotopic (exact) mass is 264 g/mol. The number of fused-ring (bicyclic) bond motifs is 1. The lowest BCUT2D eigenvalue weighted by molar-refractivity contribution is 0.356. The highest BCUT2D eigenvalue weighted by atomic mass is 16.5. The molecule has 102 valence electrons. The molecule has 2 rings (SSSR count). The van der Waals surface area contributed by atoms with Crippen LogP contribution in [0.3, 0.4) is 0 Å². The zero-order valence-corrected chi connectivity index (χ0v) is 11.4. The molecule has 2 aromatic heterocycles. The molecule has 0 saturated heterocycles. The van der Waals surface area contributed by atoms with Crippen LogP contribution in [0.1, 0.15) is 19.5 Å². The maximum Gasteiger partial charge on any atom is 0.321 e. The van der Waals surface area contributed by atoms with Gasteiger partial charge in [-0.25, -0.2) is 4.98 Å². The first kappa shape index (κ1) is 13.3. The van der Waals surface area contributed by atoms with Gasteiger partial charge < -0.3 is 14.5 Å². The van der Waals surface area contributed by atoms with Crippen LogP contribution < -0.4 is 15.0 Å². The number of ether oxygens (including phenoxy) is 2. The number of nitrogens with zero attached hydrogens (tertiary/aromatic N) is 3. The van der Waals surface area contributed by atoms with E-state index in [2.05, 4.69) is 19.9 Å². The Labute approximate surface area is 110 Å². The number of H-pyrrole nitrogens is 1. The zero-order chi connectivity index (χ0) is 14.0. The molecule has 7 heteroatoms. The van der Waals surface area contributed by atoms with E-state index in [0.717, 1.165) is 0 Å². The van der Waals surface area contributed by atoms with Gasteiger partial charge in [0.2, 0.25) is 5.88 Å². The number of rotatable bonds is 4. The molecule has 1 N–H and O–H groups in total. The fraction of sp³-hybridized carbons (Fsp3) is 0.500. The summed E-state index contributed by atoms with van der Waals surface area (Å²) in [6.45, 7) is 4.04. The lowest BCUT2D eigenvalue weighted by atomic mass is 10.1. The van der Waals surface area contributed by atoms with Gasteiger partial charge in [-0.3, -0.25) is 4.79 Å². The van der Waals surface area contributed by atoms with Crippen LogP contribution in [0.15, 0.2) is 4.79 Å². The summed E-state index contributed by atoms with van der Waals surface area (Å²) in [6, 6.07) is 0.152. The van der Waals surface area contributed by atoms with E-state index in [4.69, 9.17) is 9.47 Å². The van der Waals surface area contributed by atoms with Crippen LogP contribution >= 0.6 is 0 Å². The third kappa shape index (κ3) is 2.64. The molecular weight excluding hydrogens is 248 g/mol. The van der Waals surface area contributed by atoms with Crippen molar-refractivity contribution in [3.63, 3.8) is 0 Å². The van der Waals surface area contributed by atoms with E-state index in [9.17, 15) is 4.79 Å². The Kier molecular flexibility index (Phi) is 3.64. The number of hydrogen-bond donors (Lipinski definition) is 1. The van der Waals surface area contributed by atoms with E-state index in [1.165, 1.54) is 14.2 Å². The molecule has 0 radical (unpaired) electrons. The summed E-state index contributed by atoms with van der Waals surface area (Å²) < 4.78 is 10.1. The lowest BCUT2D eigenvalue weighted by Crippen LogP contribution is -2.18. The fourth-order valence-corrected chi connectivity index (χ4v) is 1.73. The van der Waals surface area contributed by atoms with Gasteiger partial charge in [0.25, 0.3) is 5.56 Å². The van der Waals surface area contributed by atoms with Gasteiger partial charge >= 0.3 is 6.01 Å². The molecule has 0 aliphatic carbocycles. The van der Waals surface area contributed by atoms with Gasteiger partial charge in [0.15, 0.2) is 5.65 Å². The van der Waals surface area contributed by atoms with Crippen molar-refractivity contribution >= 4 is 11.2 Å². The summed E-state index contributed by atoms with van der Waals surface area (Å²) in [5, 5.41) is 0. The predicted molar refractivity (Wildman–Crippen MR) is 69.6 cm³/mol. The van der Waals surface area contributed by atoms with Gasteiger partial charge in [-0.1, -0.05) is 13.8 Å². The largest absolute Gasteiger partial charge is 0.479 e. The van der Waals surface area contributed by atoms with Gasteiger partial charge in [0.1, 0.15) is 11.2 Å². The van der Waals surface area contributed by atoms with Crippen LogP contribution in [0, 0.1) is 5.92 Å². The van der Waals surface area contributed by atoms with Crippen LogP contribution in [0.2, 0.25) is 0 Å². The first-order valence-corrected chi connectivity index (χ1v) is 5.94.